The molecule has 1 saturated heterocycles. The summed E-state index contributed by atoms with van der Waals surface area (Å²) in [5.41, 5.74) is 0. The summed E-state index contributed by atoms with van der Waals surface area (Å²) >= 11 is 0. The van der Waals surface area contributed by atoms with E-state index in [0.717, 1.165) is 50.5 Å². The number of hydrogen-bond acceptors (Lipinski definition) is 2. The fraction of sp³-hybridized carbons (Fsp3) is 0.875. The second kappa shape index (κ2) is 7.66. The van der Waals surface area contributed by atoms with Gasteiger partial charge >= 0.3 is 6.03 Å². The van der Waals surface area contributed by atoms with Gasteiger partial charge in [-0.05, 0) is 56.8 Å². The molecule has 1 atom stereocenters. The van der Waals surface area contributed by atoms with E-state index >= 15 is 0 Å². The summed E-state index contributed by atoms with van der Waals surface area (Å²) in [6.45, 7) is 5.27. The zero-order valence-electron chi connectivity index (χ0n) is 13.3. The number of carbonyl (C=O) groups is 2. The van der Waals surface area contributed by atoms with Crippen LogP contribution in [0.2, 0.25) is 0 Å². The molecule has 5 nitrogen and oxygen atoms in total. The van der Waals surface area contributed by atoms with Crippen LogP contribution in [0.5, 0.6) is 0 Å². The van der Waals surface area contributed by atoms with Gasteiger partial charge in [-0.1, -0.05) is 13.8 Å². The van der Waals surface area contributed by atoms with Crippen LogP contribution in [0.25, 0.3) is 0 Å². The second-order valence-electron chi connectivity index (χ2n) is 6.81. The molecule has 1 heterocycles. The molecule has 0 aromatic heterocycles. The Labute approximate surface area is 127 Å². The van der Waals surface area contributed by atoms with Gasteiger partial charge in [0.25, 0.3) is 0 Å². The summed E-state index contributed by atoms with van der Waals surface area (Å²) in [5, 5.41) is 8.70. The topological polar surface area (TPSA) is 70.2 Å². The van der Waals surface area contributed by atoms with Crippen LogP contribution in [0.4, 0.5) is 4.79 Å². The predicted molar refractivity (Wildman–Crippen MR) is 82.9 cm³/mol. The average Bonchev–Trinajstić information content (AvgIpc) is 2.65. The lowest BCUT2D eigenvalue weighted by Gasteiger charge is -2.31. The van der Waals surface area contributed by atoms with E-state index in [0.29, 0.717) is 0 Å². The SMILES string of the molecule is CC(C)C1CCC(NC(=O)NC2CCCCNC2=O)CC1. The number of urea groups is 1. The molecule has 0 bridgehead atoms. The standard InChI is InChI=1S/C16H29N3O2/c1-11(2)12-6-8-13(9-7-12)18-16(21)19-14-5-3-4-10-17-15(14)20/h11-14H,3-10H2,1-2H3,(H,17,20)(H2,18,19,21). The maximum atomic E-state index is 12.1. The second-order valence-corrected chi connectivity index (χ2v) is 6.81. The molecule has 1 aliphatic heterocycles. The van der Waals surface area contributed by atoms with Crippen molar-refractivity contribution in [1.82, 2.24) is 16.0 Å². The van der Waals surface area contributed by atoms with Crippen molar-refractivity contribution in [3.05, 3.63) is 0 Å². The Morgan fingerprint density at radius 2 is 1.81 bits per heavy atom. The van der Waals surface area contributed by atoms with Crippen LogP contribution >= 0.6 is 0 Å². The Morgan fingerprint density at radius 1 is 1.10 bits per heavy atom. The van der Waals surface area contributed by atoms with Gasteiger partial charge < -0.3 is 16.0 Å². The molecule has 1 unspecified atom stereocenters. The molecule has 0 radical (unpaired) electrons. The van der Waals surface area contributed by atoms with Gasteiger partial charge in [0.1, 0.15) is 6.04 Å². The van der Waals surface area contributed by atoms with E-state index in [1.54, 1.807) is 0 Å². The van der Waals surface area contributed by atoms with Gasteiger partial charge in [-0.25, -0.2) is 4.79 Å². The summed E-state index contributed by atoms with van der Waals surface area (Å²) in [6.07, 6.45) is 7.17. The number of amides is 3. The molecular weight excluding hydrogens is 266 g/mol. The highest BCUT2D eigenvalue weighted by molar-refractivity contribution is 5.87. The number of nitrogens with one attached hydrogen (secondary N) is 3. The van der Waals surface area contributed by atoms with Gasteiger partial charge in [0.2, 0.25) is 5.91 Å². The van der Waals surface area contributed by atoms with E-state index in [-0.39, 0.29) is 24.0 Å². The first-order valence-electron chi connectivity index (χ1n) is 8.41. The minimum atomic E-state index is -0.375. The maximum Gasteiger partial charge on any atom is 0.315 e. The van der Waals surface area contributed by atoms with Crippen molar-refractivity contribution in [3.8, 4) is 0 Å². The Hall–Kier alpha value is -1.26. The van der Waals surface area contributed by atoms with Crippen LogP contribution in [0.1, 0.15) is 58.8 Å². The van der Waals surface area contributed by atoms with Crippen LogP contribution in [0.3, 0.4) is 0 Å². The van der Waals surface area contributed by atoms with E-state index in [1.807, 2.05) is 0 Å². The predicted octanol–water partition coefficient (Wildman–Crippen LogP) is 2.17. The molecule has 1 aliphatic carbocycles. The summed E-state index contributed by atoms with van der Waals surface area (Å²) in [7, 11) is 0. The van der Waals surface area contributed by atoms with Crippen LogP contribution in [-0.4, -0.2) is 30.6 Å². The Balaban J connectivity index is 1.73. The van der Waals surface area contributed by atoms with Crippen molar-refractivity contribution < 1.29 is 9.59 Å². The van der Waals surface area contributed by atoms with Gasteiger partial charge in [0, 0.05) is 12.6 Å². The lowest BCUT2D eigenvalue weighted by atomic mass is 9.80. The van der Waals surface area contributed by atoms with E-state index in [1.165, 1.54) is 12.8 Å². The highest BCUT2D eigenvalue weighted by Gasteiger charge is 2.26. The molecule has 3 N–H and O–H groups in total. The highest BCUT2D eigenvalue weighted by atomic mass is 16.2. The minimum Gasteiger partial charge on any atom is -0.354 e. The minimum absolute atomic E-state index is 0.0498. The molecule has 2 rings (SSSR count). The molecule has 3 amide bonds. The van der Waals surface area contributed by atoms with Crippen molar-refractivity contribution in [2.24, 2.45) is 11.8 Å². The molecule has 5 heteroatoms. The Morgan fingerprint density at radius 3 is 2.48 bits per heavy atom. The summed E-state index contributed by atoms with van der Waals surface area (Å²) in [4.78, 5) is 23.9. The molecule has 0 aromatic rings. The first kappa shape index (κ1) is 16.1. The third-order valence-corrected chi connectivity index (χ3v) is 4.89. The van der Waals surface area contributed by atoms with Crippen LogP contribution < -0.4 is 16.0 Å². The Kier molecular flexibility index (Phi) is 5.88. The van der Waals surface area contributed by atoms with Gasteiger partial charge in [-0.2, -0.15) is 0 Å². The molecule has 2 fully saturated rings. The fourth-order valence-corrected chi connectivity index (χ4v) is 3.39. The van der Waals surface area contributed by atoms with Crippen molar-refractivity contribution in [2.45, 2.75) is 70.9 Å². The number of hydrogen-bond donors (Lipinski definition) is 3. The van der Waals surface area contributed by atoms with Crippen molar-refractivity contribution >= 4 is 11.9 Å². The van der Waals surface area contributed by atoms with Crippen molar-refractivity contribution in [3.63, 3.8) is 0 Å². The van der Waals surface area contributed by atoms with Crippen LogP contribution in [-0.2, 0) is 4.79 Å². The first-order valence-corrected chi connectivity index (χ1v) is 8.41. The highest BCUT2D eigenvalue weighted by Crippen LogP contribution is 2.29. The third-order valence-electron chi connectivity index (χ3n) is 4.89. The lowest BCUT2D eigenvalue weighted by Crippen LogP contribution is -2.51. The van der Waals surface area contributed by atoms with E-state index in [9.17, 15) is 9.59 Å². The zero-order chi connectivity index (χ0) is 15.2. The summed E-state index contributed by atoms with van der Waals surface area (Å²) < 4.78 is 0. The van der Waals surface area contributed by atoms with Gasteiger partial charge in [0.05, 0.1) is 0 Å². The normalized spacial score (nSPS) is 30.4. The monoisotopic (exact) mass is 295 g/mol. The van der Waals surface area contributed by atoms with E-state index < -0.39 is 0 Å². The zero-order valence-corrected chi connectivity index (χ0v) is 13.3. The lowest BCUT2D eigenvalue weighted by molar-refractivity contribution is -0.122. The van der Waals surface area contributed by atoms with Gasteiger partial charge in [0.15, 0.2) is 0 Å². The van der Waals surface area contributed by atoms with Crippen LogP contribution in [0, 0.1) is 11.8 Å². The molecule has 0 aromatic carbocycles. The number of carbonyl (C=O) groups excluding carboxylic acids is 2. The maximum absolute atomic E-state index is 12.1. The summed E-state index contributed by atoms with van der Waals surface area (Å²) in [5.74, 6) is 1.47. The third kappa shape index (κ3) is 4.90. The van der Waals surface area contributed by atoms with Crippen molar-refractivity contribution in [1.29, 1.82) is 0 Å². The van der Waals surface area contributed by atoms with Crippen molar-refractivity contribution in [2.75, 3.05) is 6.54 Å². The van der Waals surface area contributed by atoms with E-state index in [2.05, 4.69) is 29.8 Å². The van der Waals surface area contributed by atoms with Gasteiger partial charge in [-0.15, -0.1) is 0 Å². The molecule has 2 aliphatic rings. The van der Waals surface area contributed by atoms with Gasteiger partial charge in [-0.3, -0.25) is 4.79 Å². The largest absolute Gasteiger partial charge is 0.354 e. The fourth-order valence-electron chi connectivity index (χ4n) is 3.39. The molecule has 1 saturated carbocycles. The molecule has 21 heavy (non-hydrogen) atoms. The molecule has 120 valence electrons. The molecule has 0 spiro atoms. The quantitative estimate of drug-likeness (QED) is 0.747. The average molecular weight is 295 g/mol. The number of rotatable bonds is 3. The van der Waals surface area contributed by atoms with E-state index in [4.69, 9.17) is 0 Å². The Bertz CT molecular complexity index is 363. The first-order chi connectivity index (χ1) is 10.1. The smallest absolute Gasteiger partial charge is 0.315 e. The summed E-state index contributed by atoms with van der Waals surface area (Å²) in [6, 6.07) is -0.307. The van der Waals surface area contributed by atoms with Crippen LogP contribution in [0.15, 0.2) is 0 Å². The molecular formula is C16H29N3O2.